The zero-order valence-corrected chi connectivity index (χ0v) is 10.4. The van der Waals surface area contributed by atoms with Crippen molar-refractivity contribution in [3.63, 3.8) is 0 Å². The van der Waals surface area contributed by atoms with Gasteiger partial charge in [0.1, 0.15) is 13.1 Å². The molecule has 0 bridgehead atoms. The summed E-state index contributed by atoms with van der Waals surface area (Å²) in [7, 11) is 0. The predicted molar refractivity (Wildman–Crippen MR) is 65.8 cm³/mol. The highest BCUT2D eigenvalue weighted by Crippen LogP contribution is 2.16. The van der Waals surface area contributed by atoms with Gasteiger partial charge in [0.05, 0.1) is 5.69 Å². The van der Waals surface area contributed by atoms with Crippen molar-refractivity contribution >= 4 is 11.9 Å². The number of hydrogen-bond acceptors (Lipinski definition) is 4. The fraction of sp³-hybridized carbons (Fsp3) is 0.500. The molecule has 1 heterocycles. The number of nitrogens with one attached hydrogen (secondary N) is 1. The lowest BCUT2D eigenvalue weighted by Gasteiger charge is -2.15. The van der Waals surface area contributed by atoms with Gasteiger partial charge in [0.25, 0.3) is 5.56 Å². The van der Waals surface area contributed by atoms with Crippen molar-refractivity contribution in [1.82, 2.24) is 15.1 Å². The maximum atomic E-state index is 11.8. The number of carbonyl (C=O) groups excluding carboxylic acids is 1. The molecule has 19 heavy (non-hydrogen) atoms. The Morgan fingerprint density at radius 1 is 1.37 bits per heavy atom. The van der Waals surface area contributed by atoms with Gasteiger partial charge in [-0.15, -0.1) is 0 Å². The number of aliphatic carboxylic acids is 1. The van der Waals surface area contributed by atoms with Crippen LogP contribution in [0.15, 0.2) is 10.9 Å². The molecule has 2 rings (SSSR count). The highest BCUT2D eigenvalue weighted by molar-refractivity contribution is 5.80. The third-order valence-corrected chi connectivity index (χ3v) is 3.00. The van der Waals surface area contributed by atoms with Crippen LogP contribution in [0.5, 0.6) is 0 Å². The van der Waals surface area contributed by atoms with Gasteiger partial charge in [0.15, 0.2) is 0 Å². The molecule has 0 aromatic carbocycles. The number of carbonyl (C=O) groups is 2. The first-order valence-corrected chi connectivity index (χ1v) is 6.14. The number of amides is 1. The first kappa shape index (κ1) is 13.3. The molecule has 0 saturated carbocycles. The minimum atomic E-state index is -1.13. The van der Waals surface area contributed by atoms with Crippen LogP contribution >= 0.6 is 0 Å². The molecule has 0 radical (unpaired) electrons. The third kappa shape index (κ3) is 3.40. The van der Waals surface area contributed by atoms with Gasteiger partial charge in [-0.05, 0) is 31.2 Å². The second-order valence-corrected chi connectivity index (χ2v) is 4.49. The van der Waals surface area contributed by atoms with Gasteiger partial charge >= 0.3 is 5.97 Å². The number of aromatic nitrogens is 2. The zero-order valence-electron chi connectivity index (χ0n) is 10.4. The average Bonchev–Trinajstić information content (AvgIpc) is 2.37. The molecule has 0 saturated heterocycles. The van der Waals surface area contributed by atoms with Crippen LogP contribution in [0.2, 0.25) is 0 Å². The summed E-state index contributed by atoms with van der Waals surface area (Å²) in [5.74, 6) is -1.66. The minimum Gasteiger partial charge on any atom is -0.480 e. The van der Waals surface area contributed by atoms with Gasteiger partial charge in [-0.25, -0.2) is 4.68 Å². The van der Waals surface area contributed by atoms with E-state index in [9.17, 15) is 14.4 Å². The van der Waals surface area contributed by atoms with Crippen molar-refractivity contribution in [2.45, 2.75) is 32.2 Å². The molecule has 1 aromatic rings. The number of fused-ring (bicyclic) bond motifs is 1. The van der Waals surface area contributed by atoms with Crippen molar-refractivity contribution < 1.29 is 14.7 Å². The van der Waals surface area contributed by atoms with E-state index in [0.717, 1.165) is 41.6 Å². The smallest absolute Gasteiger partial charge is 0.322 e. The molecule has 0 aliphatic heterocycles. The Morgan fingerprint density at radius 3 is 2.84 bits per heavy atom. The van der Waals surface area contributed by atoms with Crippen LogP contribution in [0.25, 0.3) is 0 Å². The van der Waals surface area contributed by atoms with Crippen LogP contribution in [0.1, 0.15) is 24.1 Å². The molecule has 0 unspecified atom stereocenters. The van der Waals surface area contributed by atoms with E-state index < -0.39 is 18.4 Å². The lowest BCUT2D eigenvalue weighted by molar-refractivity contribution is -0.138. The minimum absolute atomic E-state index is 0.251. The average molecular weight is 265 g/mol. The van der Waals surface area contributed by atoms with E-state index in [-0.39, 0.29) is 12.1 Å². The van der Waals surface area contributed by atoms with Gasteiger partial charge in [-0.2, -0.15) is 5.10 Å². The molecule has 1 aliphatic carbocycles. The second-order valence-electron chi connectivity index (χ2n) is 4.49. The molecule has 102 valence electrons. The number of carboxylic acid groups (broad SMARTS) is 1. The Labute approximate surface area is 109 Å². The van der Waals surface area contributed by atoms with Crippen molar-refractivity contribution in [2.75, 3.05) is 6.54 Å². The van der Waals surface area contributed by atoms with Crippen LogP contribution in [0.3, 0.4) is 0 Å². The number of aryl methyl sites for hydroxylation is 2. The summed E-state index contributed by atoms with van der Waals surface area (Å²) in [4.78, 5) is 33.5. The zero-order chi connectivity index (χ0) is 13.8. The van der Waals surface area contributed by atoms with E-state index in [1.54, 1.807) is 0 Å². The fourth-order valence-corrected chi connectivity index (χ4v) is 2.08. The van der Waals surface area contributed by atoms with Crippen LogP contribution in [0.4, 0.5) is 0 Å². The van der Waals surface area contributed by atoms with Crippen molar-refractivity contribution in [2.24, 2.45) is 0 Å². The Hall–Kier alpha value is -2.18. The molecule has 0 atom stereocenters. The van der Waals surface area contributed by atoms with Crippen molar-refractivity contribution in [3.05, 3.63) is 27.7 Å². The lowest BCUT2D eigenvalue weighted by Crippen LogP contribution is -2.36. The van der Waals surface area contributed by atoms with Crippen LogP contribution < -0.4 is 10.9 Å². The maximum Gasteiger partial charge on any atom is 0.322 e. The number of nitrogens with zero attached hydrogens (tertiary/aromatic N) is 2. The highest BCUT2D eigenvalue weighted by atomic mass is 16.4. The Balaban J connectivity index is 2.10. The monoisotopic (exact) mass is 265 g/mol. The van der Waals surface area contributed by atoms with Crippen molar-refractivity contribution in [1.29, 1.82) is 0 Å². The first-order valence-electron chi connectivity index (χ1n) is 6.14. The lowest BCUT2D eigenvalue weighted by atomic mass is 9.97. The SMILES string of the molecule is O=C(O)CNC(=O)Cn1nc2c(cc1=O)CCCC2. The number of carboxylic acids is 1. The summed E-state index contributed by atoms with van der Waals surface area (Å²) >= 11 is 0. The maximum absolute atomic E-state index is 11.8. The summed E-state index contributed by atoms with van der Waals surface area (Å²) in [6, 6.07) is 1.52. The molecule has 1 aromatic heterocycles. The van der Waals surface area contributed by atoms with Crippen molar-refractivity contribution in [3.8, 4) is 0 Å². The van der Waals surface area contributed by atoms with E-state index in [1.165, 1.54) is 6.07 Å². The van der Waals surface area contributed by atoms with E-state index >= 15 is 0 Å². The van der Waals surface area contributed by atoms with Gasteiger partial charge in [-0.3, -0.25) is 14.4 Å². The Bertz CT molecular complexity index is 565. The van der Waals surface area contributed by atoms with Gasteiger partial charge < -0.3 is 10.4 Å². The van der Waals surface area contributed by atoms with E-state index in [2.05, 4.69) is 10.4 Å². The third-order valence-electron chi connectivity index (χ3n) is 3.00. The second kappa shape index (κ2) is 5.64. The topological polar surface area (TPSA) is 101 Å². The molecule has 7 nitrogen and oxygen atoms in total. The molecular weight excluding hydrogens is 250 g/mol. The van der Waals surface area contributed by atoms with Crippen LogP contribution in [-0.2, 0) is 29.0 Å². The summed E-state index contributed by atoms with van der Waals surface area (Å²) in [6.07, 6.45) is 3.75. The highest BCUT2D eigenvalue weighted by Gasteiger charge is 2.14. The largest absolute Gasteiger partial charge is 0.480 e. The predicted octanol–water partition coefficient (Wildman–Crippen LogP) is -0.677. The quantitative estimate of drug-likeness (QED) is 0.751. The first-order chi connectivity index (χ1) is 9.06. The fourth-order valence-electron chi connectivity index (χ4n) is 2.08. The summed E-state index contributed by atoms with van der Waals surface area (Å²) in [5, 5.41) is 14.8. The molecule has 1 amide bonds. The number of hydrogen-bond donors (Lipinski definition) is 2. The van der Waals surface area contributed by atoms with Gasteiger partial charge in [0, 0.05) is 6.07 Å². The molecule has 0 spiro atoms. The summed E-state index contributed by atoms with van der Waals surface area (Å²) < 4.78 is 1.08. The molecular formula is C12H15N3O4. The molecule has 0 fully saturated rings. The van der Waals surface area contributed by atoms with E-state index in [0.29, 0.717) is 0 Å². The number of rotatable bonds is 4. The van der Waals surface area contributed by atoms with E-state index in [4.69, 9.17) is 5.11 Å². The molecule has 1 aliphatic rings. The van der Waals surface area contributed by atoms with E-state index in [1.807, 2.05) is 0 Å². The van der Waals surface area contributed by atoms with Gasteiger partial charge in [-0.1, -0.05) is 0 Å². The van der Waals surface area contributed by atoms with Crippen LogP contribution in [0, 0.1) is 0 Å². The molecule has 7 heteroatoms. The molecule has 2 N–H and O–H groups in total. The Morgan fingerprint density at radius 2 is 2.11 bits per heavy atom. The van der Waals surface area contributed by atoms with Gasteiger partial charge in [0.2, 0.25) is 5.91 Å². The normalized spacial score (nSPS) is 13.7. The van der Waals surface area contributed by atoms with Crippen LogP contribution in [-0.4, -0.2) is 33.3 Å². The Kier molecular flexibility index (Phi) is 3.94. The summed E-state index contributed by atoms with van der Waals surface area (Å²) in [5.41, 5.74) is 1.49. The standard InChI is InChI=1S/C12H15N3O4/c16-10(13-6-12(18)19)7-15-11(17)5-8-3-1-2-4-9(8)14-15/h5H,1-4,6-7H2,(H,13,16)(H,18,19). The summed E-state index contributed by atoms with van der Waals surface area (Å²) in [6.45, 7) is -0.710.